The van der Waals surface area contributed by atoms with Gasteiger partial charge in [-0.15, -0.1) is 10.2 Å². The van der Waals surface area contributed by atoms with Gasteiger partial charge in [0.15, 0.2) is 0 Å². The Hall–Kier alpha value is -2.04. The molecular formula is C13H13F2N3. The zero-order valence-corrected chi connectivity index (χ0v) is 10.1. The first-order valence-corrected chi connectivity index (χ1v) is 5.62. The first kappa shape index (κ1) is 12.4. The van der Waals surface area contributed by atoms with Gasteiger partial charge in [0.25, 0.3) is 0 Å². The van der Waals surface area contributed by atoms with Crippen molar-refractivity contribution in [3.05, 3.63) is 42.0 Å². The lowest BCUT2D eigenvalue weighted by Crippen LogP contribution is -2.11. The summed E-state index contributed by atoms with van der Waals surface area (Å²) in [6.07, 6.45) is 0. The minimum Gasteiger partial charge on any atom is -0.366 e. The molecule has 0 aliphatic carbocycles. The third kappa shape index (κ3) is 2.80. The lowest BCUT2D eigenvalue weighted by Gasteiger charge is -2.08. The Balaban J connectivity index is 2.28. The summed E-state index contributed by atoms with van der Waals surface area (Å²) in [6, 6.07) is 6.98. The highest BCUT2D eigenvalue weighted by Crippen LogP contribution is 2.21. The molecule has 2 aromatic rings. The smallest absolute Gasteiger partial charge is 0.148 e. The molecule has 0 aliphatic heterocycles. The molecule has 1 aromatic heterocycles. The summed E-state index contributed by atoms with van der Waals surface area (Å²) in [5.41, 5.74) is 0.613. The van der Waals surface area contributed by atoms with Crippen LogP contribution >= 0.6 is 0 Å². The summed E-state index contributed by atoms with van der Waals surface area (Å²) in [7, 11) is 0. The molecule has 2 rings (SSSR count). The molecule has 0 radical (unpaired) electrons. The summed E-state index contributed by atoms with van der Waals surface area (Å²) >= 11 is 0. The van der Waals surface area contributed by atoms with E-state index in [9.17, 15) is 8.78 Å². The molecule has 1 heterocycles. The number of halogens is 2. The van der Waals surface area contributed by atoms with Crippen LogP contribution in [0.2, 0.25) is 0 Å². The predicted molar refractivity (Wildman–Crippen MR) is 66.1 cm³/mol. The van der Waals surface area contributed by atoms with Gasteiger partial charge in [0.05, 0.1) is 5.69 Å². The second-order valence-corrected chi connectivity index (χ2v) is 4.23. The zero-order valence-electron chi connectivity index (χ0n) is 10.1. The van der Waals surface area contributed by atoms with Crippen molar-refractivity contribution >= 4 is 5.82 Å². The highest BCUT2D eigenvalue weighted by molar-refractivity contribution is 5.60. The molecular weight excluding hydrogens is 236 g/mol. The molecule has 1 N–H and O–H groups in total. The number of anilines is 1. The Morgan fingerprint density at radius 1 is 1.06 bits per heavy atom. The maximum atomic E-state index is 13.5. The van der Waals surface area contributed by atoms with Gasteiger partial charge in [-0.3, -0.25) is 0 Å². The largest absolute Gasteiger partial charge is 0.366 e. The van der Waals surface area contributed by atoms with Gasteiger partial charge in [-0.05, 0) is 38.1 Å². The van der Waals surface area contributed by atoms with E-state index in [2.05, 4.69) is 15.5 Å². The van der Waals surface area contributed by atoms with Crippen molar-refractivity contribution in [2.45, 2.75) is 19.9 Å². The molecule has 0 saturated carbocycles. The third-order valence-electron chi connectivity index (χ3n) is 2.31. The van der Waals surface area contributed by atoms with E-state index in [0.717, 1.165) is 6.07 Å². The highest BCUT2D eigenvalue weighted by atomic mass is 19.1. The van der Waals surface area contributed by atoms with Crippen molar-refractivity contribution in [1.82, 2.24) is 10.2 Å². The molecule has 0 bridgehead atoms. The molecule has 0 saturated heterocycles. The molecule has 0 fully saturated rings. The highest BCUT2D eigenvalue weighted by Gasteiger charge is 2.08. The summed E-state index contributed by atoms with van der Waals surface area (Å²) in [6.45, 7) is 3.96. The van der Waals surface area contributed by atoms with E-state index in [0.29, 0.717) is 11.5 Å². The standard InChI is InChI=1S/C13H13F2N3/c1-8(2)16-13-6-5-12(17-18-13)10-4-3-9(14)7-11(10)15/h3-8H,1-2H3,(H,16,18). The van der Waals surface area contributed by atoms with Crippen LogP contribution in [0.25, 0.3) is 11.3 Å². The fourth-order valence-electron chi connectivity index (χ4n) is 1.55. The molecule has 5 heteroatoms. The molecule has 0 spiro atoms. The van der Waals surface area contributed by atoms with Crippen LogP contribution in [0.3, 0.4) is 0 Å². The van der Waals surface area contributed by atoms with Gasteiger partial charge in [0.1, 0.15) is 17.5 Å². The molecule has 94 valence electrons. The number of hydrogen-bond donors (Lipinski definition) is 1. The van der Waals surface area contributed by atoms with Gasteiger partial charge < -0.3 is 5.32 Å². The third-order valence-corrected chi connectivity index (χ3v) is 2.31. The van der Waals surface area contributed by atoms with Crippen molar-refractivity contribution in [3.8, 4) is 11.3 Å². The average molecular weight is 249 g/mol. The Morgan fingerprint density at radius 3 is 2.39 bits per heavy atom. The van der Waals surface area contributed by atoms with Crippen molar-refractivity contribution in [2.75, 3.05) is 5.32 Å². The molecule has 0 unspecified atom stereocenters. The van der Waals surface area contributed by atoms with E-state index in [1.807, 2.05) is 13.8 Å². The van der Waals surface area contributed by atoms with Crippen LogP contribution in [0.5, 0.6) is 0 Å². The van der Waals surface area contributed by atoms with E-state index in [-0.39, 0.29) is 11.6 Å². The van der Waals surface area contributed by atoms with Crippen molar-refractivity contribution in [1.29, 1.82) is 0 Å². The number of nitrogens with one attached hydrogen (secondary N) is 1. The van der Waals surface area contributed by atoms with E-state index in [1.54, 1.807) is 12.1 Å². The van der Waals surface area contributed by atoms with Crippen molar-refractivity contribution in [2.24, 2.45) is 0 Å². The average Bonchev–Trinajstić information content (AvgIpc) is 2.30. The number of benzene rings is 1. The molecule has 0 amide bonds. The van der Waals surface area contributed by atoms with E-state index in [1.165, 1.54) is 12.1 Å². The second-order valence-electron chi connectivity index (χ2n) is 4.23. The fraction of sp³-hybridized carbons (Fsp3) is 0.231. The van der Waals surface area contributed by atoms with Crippen LogP contribution < -0.4 is 5.32 Å². The summed E-state index contributed by atoms with van der Waals surface area (Å²) in [4.78, 5) is 0. The minimum atomic E-state index is -0.645. The summed E-state index contributed by atoms with van der Waals surface area (Å²) < 4.78 is 26.3. The van der Waals surface area contributed by atoms with Crippen molar-refractivity contribution in [3.63, 3.8) is 0 Å². The number of rotatable bonds is 3. The van der Waals surface area contributed by atoms with Gasteiger partial charge in [-0.25, -0.2) is 8.78 Å². The Morgan fingerprint density at radius 2 is 1.83 bits per heavy atom. The molecule has 3 nitrogen and oxygen atoms in total. The second kappa shape index (κ2) is 5.08. The van der Waals surface area contributed by atoms with Crippen molar-refractivity contribution < 1.29 is 8.78 Å². The maximum Gasteiger partial charge on any atom is 0.148 e. The number of aromatic nitrogens is 2. The maximum absolute atomic E-state index is 13.5. The number of hydrogen-bond acceptors (Lipinski definition) is 3. The van der Waals surface area contributed by atoms with Gasteiger partial charge in [0.2, 0.25) is 0 Å². The molecule has 18 heavy (non-hydrogen) atoms. The summed E-state index contributed by atoms with van der Waals surface area (Å²) in [5, 5.41) is 10.9. The predicted octanol–water partition coefficient (Wildman–Crippen LogP) is 3.24. The lowest BCUT2D eigenvalue weighted by atomic mass is 10.1. The summed E-state index contributed by atoms with van der Waals surface area (Å²) in [5.74, 6) is -0.632. The van der Waals surface area contributed by atoms with E-state index < -0.39 is 11.6 Å². The SMILES string of the molecule is CC(C)Nc1ccc(-c2ccc(F)cc2F)nn1. The Kier molecular flexibility index (Phi) is 3.50. The van der Waals surface area contributed by atoms with Crippen LogP contribution in [-0.2, 0) is 0 Å². The zero-order chi connectivity index (χ0) is 13.1. The van der Waals surface area contributed by atoms with Gasteiger partial charge in [-0.1, -0.05) is 0 Å². The number of nitrogens with zero attached hydrogens (tertiary/aromatic N) is 2. The van der Waals surface area contributed by atoms with Crippen LogP contribution in [0.1, 0.15) is 13.8 Å². The van der Waals surface area contributed by atoms with Crippen LogP contribution in [0, 0.1) is 11.6 Å². The van der Waals surface area contributed by atoms with E-state index >= 15 is 0 Å². The minimum absolute atomic E-state index is 0.236. The lowest BCUT2D eigenvalue weighted by molar-refractivity contribution is 0.585. The van der Waals surface area contributed by atoms with E-state index in [4.69, 9.17) is 0 Å². The molecule has 0 atom stereocenters. The first-order chi connectivity index (χ1) is 8.56. The normalized spacial score (nSPS) is 10.7. The van der Waals surface area contributed by atoms with Gasteiger partial charge >= 0.3 is 0 Å². The van der Waals surface area contributed by atoms with Crippen LogP contribution in [-0.4, -0.2) is 16.2 Å². The molecule has 0 aliphatic rings. The Bertz CT molecular complexity index is 538. The molecule has 1 aromatic carbocycles. The fourth-order valence-corrected chi connectivity index (χ4v) is 1.55. The van der Waals surface area contributed by atoms with Crippen LogP contribution in [0.15, 0.2) is 30.3 Å². The first-order valence-electron chi connectivity index (χ1n) is 5.62. The topological polar surface area (TPSA) is 37.8 Å². The monoisotopic (exact) mass is 249 g/mol. The quantitative estimate of drug-likeness (QED) is 0.907. The van der Waals surface area contributed by atoms with Gasteiger partial charge in [-0.2, -0.15) is 0 Å². The van der Waals surface area contributed by atoms with Gasteiger partial charge in [0, 0.05) is 17.7 Å². The van der Waals surface area contributed by atoms with Crippen LogP contribution in [0.4, 0.5) is 14.6 Å². The Labute approximate surface area is 104 Å².